The third-order valence-corrected chi connectivity index (χ3v) is 4.85. The van der Waals surface area contributed by atoms with Crippen LogP contribution in [0.3, 0.4) is 0 Å². The number of nitrogens with one attached hydrogen (secondary N) is 1. The molecule has 1 N–H and O–H groups in total. The van der Waals surface area contributed by atoms with E-state index in [0.29, 0.717) is 5.41 Å². The lowest BCUT2D eigenvalue weighted by Crippen LogP contribution is -2.51. The molecule has 2 saturated heterocycles. The highest BCUT2D eigenvalue weighted by molar-refractivity contribution is 4.89. The van der Waals surface area contributed by atoms with Gasteiger partial charge in [0.1, 0.15) is 0 Å². The van der Waals surface area contributed by atoms with Crippen LogP contribution in [0.1, 0.15) is 25.7 Å². The van der Waals surface area contributed by atoms with Crippen molar-refractivity contribution in [2.75, 3.05) is 60.5 Å². The topological polar surface area (TPSA) is 27.7 Å². The molecule has 0 bridgehead atoms. The lowest BCUT2D eigenvalue weighted by molar-refractivity contribution is -0.0310. The van der Waals surface area contributed by atoms with Crippen molar-refractivity contribution < 1.29 is 4.74 Å². The SMILES string of the molecule is CNCC1(CN(C)C2CCN(C)CC2)CCCOC1. The van der Waals surface area contributed by atoms with Gasteiger partial charge in [0.15, 0.2) is 0 Å². The van der Waals surface area contributed by atoms with E-state index in [9.17, 15) is 0 Å². The summed E-state index contributed by atoms with van der Waals surface area (Å²) in [5.74, 6) is 0. The van der Waals surface area contributed by atoms with Crippen molar-refractivity contribution >= 4 is 0 Å². The van der Waals surface area contributed by atoms with Crippen LogP contribution in [0, 0.1) is 5.41 Å². The average Bonchev–Trinajstić information content (AvgIpc) is 2.40. The van der Waals surface area contributed by atoms with Crippen molar-refractivity contribution in [2.24, 2.45) is 5.41 Å². The largest absolute Gasteiger partial charge is 0.381 e. The van der Waals surface area contributed by atoms with Gasteiger partial charge in [0.2, 0.25) is 0 Å². The molecule has 0 aromatic rings. The van der Waals surface area contributed by atoms with Crippen molar-refractivity contribution in [2.45, 2.75) is 31.7 Å². The summed E-state index contributed by atoms with van der Waals surface area (Å²) in [6.45, 7) is 6.59. The third-order valence-electron chi connectivity index (χ3n) is 4.85. The van der Waals surface area contributed by atoms with Crippen LogP contribution < -0.4 is 5.32 Å². The van der Waals surface area contributed by atoms with E-state index in [1.807, 2.05) is 0 Å². The van der Waals surface area contributed by atoms with Crippen LogP contribution in [-0.2, 0) is 4.74 Å². The maximum absolute atomic E-state index is 5.77. The van der Waals surface area contributed by atoms with Gasteiger partial charge in [-0.25, -0.2) is 0 Å². The van der Waals surface area contributed by atoms with E-state index in [-0.39, 0.29) is 0 Å². The average molecular weight is 269 g/mol. The molecular formula is C15H31N3O. The second kappa shape index (κ2) is 7.02. The molecular weight excluding hydrogens is 238 g/mol. The van der Waals surface area contributed by atoms with E-state index in [0.717, 1.165) is 25.8 Å². The number of nitrogens with zero attached hydrogens (tertiary/aromatic N) is 2. The first-order valence-corrected chi connectivity index (χ1v) is 7.76. The molecule has 4 nitrogen and oxygen atoms in total. The van der Waals surface area contributed by atoms with Gasteiger partial charge in [-0.3, -0.25) is 0 Å². The number of piperidine rings is 1. The van der Waals surface area contributed by atoms with Crippen molar-refractivity contribution in [1.29, 1.82) is 0 Å². The highest BCUT2D eigenvalue weighted by Gasteiger charge is 2.35. The first-order valence-electron chi connectivity index (χ1n) is 7.76. The van der Waals surface area contributed by atoms with E-state index < -0.39 is 0 Å². The maximum Gasteiger partial charge on any atom is 0.0546 e. The van der Waals surface area contributed by atoms with Gasteiger partial charge in [-0.15, -0.1) is 0 Å². The van der Waals surface area contributed by atoms with Crippen molar-refractivity contribution in [1.82, 2.24) is 15.1 Å². The molecule has 0 aliphatic carbocycles. The molecule has 0 radical (unpaired) electrons. The van der Waals surface area contributed by atoms with Crippen LogP contribution in [0.5, 0.6) is 0 Å². The molecule has 0 saturated carbocycles. The van der Waals surface area contributed by atoms with Crippen LogP contribution in [-0.4, -0.2) is 76.4 Å². The minimum atomic E-state index is 0.325. The molecule has 0 aromatic carbocycles. The van der Waals surface area contributed by atoms with Gasteiger partial charge < -0.3 is 19.9 Å². The monoisotopic (exact) mass is 269 g/mol. The fourth-order valence-electron chi connectivity index (χ4n) is 3.70. The summed E-state index contributed by atoms with van der Waals surface area (Å²) in [7, 11) is 6.60. The van der Waals surface area contributed by atoms with Crippen molar-refractivity contribution in [3.63, 3.8) is 0 Å². The minimum Gasteiger partial charge on any atom is -0.381 e. The molecule has 4 heteroatoms. The van der Waals surface area contributed by atoms with Crippen LogP contribution in [0.4, 0.5) is 0 Å². The minimum absolute atomic E-state index is 0.325. The van der Waals surface area contributed by atoms with Crippen LogP contribution in [0.25, 0.3) is 0 Å². The fraction of sp³-hybridized carbons (Fsp3) is 1.00. The quantitative estimate of drug-likeness (QED) is 0.807. The molecule has 1 unspecified atom stereocenters. The second-order valence-electron chi connectivity index (χ2n) is 6.64. The first-order chi connectivity index (χ1) is 9.15. The molecule has 1 atom stereocenters. The Hall–Kier alpha value is -0.160. The molecule has 2 heterocycles. The summed E-state index contributed by atoms with van der Waals surface area (Å²) in [6, 6.07) is 0.756. The summed E-state index contributed by atoms with van der Waals surface area (Å²) in [5, 5.41) is 3.38. The zero-order valence-electron chi connectivity index (χ0n) is 13.0. The second-order valence-corrected chi connectivity index (χ2v) is 6.64. The van der Waals surface area contributed by atoms with Gasteiger partial charge in [-0.2, -0.15) is 0 Å². The zero-order chi connectivity index (χ0) is 13.7. The maximum atomic E-state index is 5.77. The van der Waals surface area contributed by atoms with Crippen LogP contribution >= 0.6 is 0 Å². The van der Waals surface area contributed by atoms with E-state index >= 15 is 0 Å². The van der Waals surface area contributed by atoms with Crippen molar-refractivity contribution in [3.8, 4) is 0 Å². The first kappa shape index (κ1) is 15.2. The Labute approximate surface area is 118 Å². The Morgan fingerprint density at radius 1 is 1.37 bits per heavy atom. The summed E-state index contributed by atoms with van der Waals surface area (Å²) < 4.78 is 5.77. The zero-order valence-corrected chi connectivity index (χ0v) is 13.0. The van der Waals surface area contributed by atoms with E-state index in [1.165, 1.54) is 45.3 Å². The fourth-order valence-corrected chi connectivity index (χ4v) is 3.70. The predicted octanol–water partition coefficient (Wildman–Crippen LogP) is 1.03. The molecule has 0 amide bonds. The van der Waals surface area contributed by atoms with E-state index in [2.05, 4.69) is 36.3 Å². The predicted molar refractivity (Wildman–Crippen MR) is 79.6 cm³/mol. The van der Waals surface area contributed by atoms with Gasteiger partial charge in [-0.05, 0) is 59.9 Å². The normalized spacial score (nSPS) is 30.9. The lowest BCUT2D eigenvalue weighted by atomic mass is 9.81. The van der Waals surface area contributed by atoms with Crippen LogP contribution in [0.2, 0.25) is 0 Å². The molecule has 2 rings (SSSR count). The summed E-state index contributed by atoms with van der Waals surface area (Å²) in [6.07, 6.45) is 5.13. The molecule has 112 valence electrons. The molecule has 0 spiro atoms. The van der Waals surface area contributed by atoms with Gasteiger partial charge in [0.05, 0.1) is 6.61 Å². The Morgan fingerprint density at radius 2 is 2.11 bits per heavy atom. The third kappa shape index (κ3) is 4.15. The van der Waals surface area contributed by atoms with E-state index in [1.54, 1.807) is 0 Å². The highest BCUT2D eigenvalue weighted by Crippen LogP contribution is 2.30. The van der Waals surface area contributed by atoms with Gasteiger partial charge >= 0.3 is 0 Å². The molecule has 2 aliphatic rings. The Balaban J connectivity index is 1.89. The van der Waals surface area contributed by atoms with Gasteiger partial charge in [0, 0.05) is 31.2 Å². The highest BCUT2D eigenvalue weighted by atomic mass is 16.5. The Kier molecular flexibility index (Phi) is 5.63. The number of hydrogen-bond acceptors (Lipinski definition) is 4. The molecule has 0 aromatic heterocycles. The van der Waals surface area contributed by atoms with Gasteiger partial charge in [-0.1, -0.05) is 0 Å². The summed E-state index contributed by atoms with van der Waals surface area (Å²) >= 11 is 0. The Morgan fingerprint density at radius 3 is 2.68 bits per heavy atom. The number of ether oxygens (including phenoxy) is 1. The number of hydrogen-bond donors (Lipinski definition) is 1. The number of likely N-dealkylation sites (tertiary alicyclic amines) is 1. The smallest absolute Gasteiger partial charge is 0.0546 e. The lowest BCUT2D eigenvalue weighted by Gasteiger charge is -2.43. The molecule has 2 aliphatic heterocycles. The standard InChI is InChI=1S/C15H31N3O/c1-16-11-15(7-4-10-19-13-15)12-18(3)14-5-8-17(2)9-6-14/h14,16H,4-13H2,1-3H3. The van der Waals surface area contributed by atoms with Gasteiger partial charge in [0.25, 0.3) is 0 Å². The van der Waals surface area contributed by atoms with E-state index in [4.69, 9.17) is 4.74 Å². The van der Waals surface area contributed by atoms with Crippen LogP contribution in [0.15, 0.2) is 0 Å². The molecule has 2 fully saturated rings. The summed E-state index contributed by atoms with van der Waals surface area (Å²) in [5.41, 5.74) is 0.325. The van der Waals surface area contributed by atoms with Crippen molar-refractivity contribution in [3.05, 3.63) is 0 Å². The number of rotatable bonds is 5. The summed E-state index contributed by atoms with van der Waals surface area (Å²) in [4.78, 5) is 5.04. The Bertz CT molecular complexity index is 253. The molecule has 19 heavy (non-hydrogen) atoms.